The fourth-order valence-corrected chi connectivity index (χ4v) is 3.88. The molecule has 0 radical (unpaired) electrons. The molecule has 1 amide bonds. The summed E-state index contributed by atoms with van der Waals surface area (Å²) in [4.78, 5) is 17.8. The summed E-state index contributed by atoms with van der Waals surface area (Å²) >= 11 is 3.21. The van der Waals surface area contributed by atoms with E-state index in [0.717, 1.165) is 22.3 Å². The number of rotatable bonds is 6. The normalized spacial score (nSPS) is 10.8. The van der Waals surface area contributed by atoms with Gasteiger partial charge in [0, 0.05) is 16.8 Å². The van der Waals surface area contributed by atoms with Gasteiger partial charge in [0.1, 0.15) is 0 Å². The minimum Gasteiger partial charge on any atom is -0.355 e. The highest BCUT2D eigenvalue weighted by molar-refractivity contribution is 7.99. The predicted octanol–water partition coefficient (Wildman–Crippen LogP) is 4.06. The van der Waals surface area contributed by atoms with Crippen molar-refractivity contribution in [1.82, 2.24) is 10.3 Å². The molecule has 2 heterocycles. The van der Waals surface area contributed by atoms with Gasteiger partial charge in [-0.1, -0.05) is 36.0 Å². The van der Waals surface area contributed by atoms with Gasteiger partial charge in [0.25, 0.3) is 0 Å². The minimum absolute atomic E-state index is 0.0548. The maximum absolute atomic E-state index is 11.9. The highest BCUT2D eigenvalue weighted by atomic mass is 32.2. The van der Waals surface area contributed by atoms with Gasteiger partial charge in [-0.2, -0.15) is 0 Å². The Morgan fingerprint density at radius 3 is 2.96 bits per heavy atom. The first-order valence-corrected chi connectivity index (χ1v) is 9.37. The third-order valence-electron chi connectivity index (χ3n) is 3.52. The Hall–Kier alpha value is -1.85. The number of thioether (sulfide) groups is 1. The SMILES string of the molecule is Cc1cc(SCC(=O)NCCc2cccs2)nc2ccccc12. The van der Waals surface area contributed by atoms with E-state index in [2.05, 4.69) is 34.7 Å². The number of nitrogens with one attached hydrogen (secondary N) is 1. The molecule has 2 aromatic heterocycles. The Labute approximate surface area is 144 Å². The number of fused-ring (bicyclic) bond motifs is 1. The summed E-state index contributed by atoms with van der Waals surface area (Å²) in [5.74, 6) is 0.453. The average molecular weight is 342 g/mol. The van der Waals surface area contributed by atoms with Crippen LogP contribution >= 0.6 is 23.1 Å². The Morgan fingerprint density at radius 1 is 1.26 bits per heavy atom. The number of carbonyl (C=O) groups is 1. The van der Waals surface area contributed by atoms with E-state index >= 15 is 0 Å². The van der Waals surface area contributed by atoms with Crippen LogP contribution in [0.5, 0.6) is 0 Å². The van der Waals surface area contributed by atoms with E-state index in [-0.39, 0.29) is 5.91 Å². The number of amides is 1. The first-order chi connectivity index (χ1) is 11.2. The van der Waals surface area contributed by atoms with Crippen molar-refractivity contribution in [3.63, 3.8) is 0 Å². The van der Waals surface area contributed by atoms with E-state index < -0.39 is 0 Å². The summed E-state index contributed by atoms with van der Waals surface area (Å²) in [7, 11) is 0. The predicted molar refractivity (Wildman–Crippen MR) is 98.2 cm³/mol. The molecule has 3 aromatic rings. The van der Waals surface area contributed by atoms with Crippen molar-refractivity contribution in [3.8, 4) is 0 Å². The number of para-hydroxylation sites is 1. The average Bonchev–Trinajstić information content (AvgIpc) is 3.06. The summed E-state index contributed by atoms with van der Waals surface area (Å²) < 4.78 is 0. The fourth-order valence-electron chi connectivity index (χ4n) is 2.36. The maximum Gasteiger partial charge on any atom is 0.230 e. The van der Waals surface area contributed by atoms with Gasteiger partial charge >= 0.3 is 0 Å². The summed E-state index contributed by atoms with van der Waals surface area (Å²) in [6.07, 6.45) is 0.890. The molecule has 1 aromatic carbocycles. The molecule has 0 aliphatic rings. The number of aromatic nitrogens is 1. The zero-order chi connectivity index (χ0) is 16.1. The van der Waals surface area contributed by atoms with Crippen molar-refractivity contribution in [2.45, 2.75) is 18.4 Å². The van der Waals surface area contributed by atoms with Crippen molar-refractivity contribution < 1.29 is 4.79 Å². The first kappa shape index (κ1) is 16.0. The molecule has 0 bridgehead atoms. The third kappa shape index (κ3) is 4.33. The molecule has 0 aliphatic carbocycles. The molecular weight excluding hydrogens is 324 g/mol. The second-order valence-corrected chi connectivity index (χ2v) is 7.29. The monoisotopic (exact) mass is 342 g/mol. The summed E-state index contributed by atoms with van der Waals surface area (Å²) in [5, 5.41) is 7.08. The molecule has 1 N–H and O–H groups in total. The molecule has 0 fully saturated rings. The van der Waals surface area contributed by atoms with Crippen LogP contribution in [0.4, 0.5) is 0 Å². The topological polar surface area (TPSA) is 42.0 Å². The highest BCUT2D eigenvalue weighted by Gasteiger charge is 2.06. The van der Waals surface area contributed by atoms with Gasteiger partial charge in [0.05, 0.1) is 16.3 Å². The number of aryl methyl sites for hydroxylation is 1. The zero-order valence-corrected chi connectivity index (χ0v) is 14.5. The third-order valence-corrected chi connectivity index (χ3v) is 5.37. The number of pyridine rings is 1. The Morgan fingerprint density at radius 2 is 2.13 bits per heavy atom. The molecule has 3 nitrogen and oxygen atoms in total. The molecule has 0 spiro atoms. The van der Waals surface area contributed by atoms with Gasteiger partial charge in [-0.05, 0) is 42.5 Å². The van der Waals surface area contributed by atoms with Crippen molar-refractivity contribution in [3.05, 3.63) is 58.3 Å². The van der Waals surface area contributed by atoms with Crippen LogP contribution < -0.4 is 5.32 Å². The highest BCUT2D eigenvalue weighted by Crippen LogP contribution is 2.23. The van der Waals surface area contributed by atoms with E-state index in [0.29, 0.717) is 12.3 Å². The second-order valence-electron chi connectivity index (χ2n) is 5.26. The van der Waals surface area contributed by atoms with Gasteiger partial charge in [-0.3, -0.25) is 4.79 Å². The minimum atomic E-state index is 0.0548. The maximum atomic E-state index is 11.9. The van der Waals surface area contributed by atoms with Crippen LogP contribution in [0.2, 0.25) is 0 Å². The number of hydrogen-bond donors (Lipinski definition) is 1. The lowest BCUT2D eigenvalue weighted by molar-refractivity contribution is -0.118. The molecule has 0 saturated heterocycles. The van der Waals surface area contributed by atoms with Crippen LogP contribution in [0.15, 0.2) is 52.9 Å². The molecule has 3 rings (SSSR count). The van der Waals surface area contributed by atoms with Crippen molar-refractivity contribution >= 4 is 39.9 Å². The van der Waals surface area contributed by atoms with Crippen molar-refractivity contribution in [2.24, 2.45) is 0 Å². The Kier molecular flexibility index (Phi) is 5.31. The first-order valence-electron chi connectivity index (χ1n) is 7.50. The number of benzene rings is 1. The Bertz CT molecular complexity index is 800. The van der Waals surface area contributed by atoms with Crippen molar-refractivity contribution in [1.29, 1.82) is 0 Å². The number of thiophene rings is 1. The molecule has 23 heavy (non-hydrogen) atoms. The van der Waals surface area contributed by atoms with Gasteiger partial charge in [0.15, 0.2) is 0 Å². The van der Waals surface area contributed by atoms with E-state index in [9.17, 15) is 4.79 Å². The van der Waals surface area contributed by atoms with Crippen LogP contribution in [-0.2, 0) is 11.2 Å². The van der Waals surface area contributed by atoms with Gasteiger partial charge in [-0.25, -0.2) is 4.98 Å². The van der Waals surface area contributed by atoms with Crippen LogP contribution in [0.25, 0.3) is 10.9 Å². The molecule has 0 saturated carbocycles. The lowest BCUT2D eigenvalue weighted by Gasteiger charge is -2.07. The van der Waals surface area contributed by atoms with E-state index in [1.807, 2.05) is 30.3 Å². The lowest BCUT2D eigenvalue weighted by Crippen LogP contribution is -2.27. The summed E-state index contributed by atoms with van der Waals surface area (Å²) in [5.41, 5.74) is 2.17. The number of carbonyl (C=O) groups excluding carboxylic acids is 1. The molecule has 0 aliphatic heterocycles. The fraction of sp³-hybridized carbons (Fsp3) is 0.222. The van der Waals surface area contributed by atoms with Crippen LogP contribution in [0.3, 0.4) is 0 Å². The standard InChI is InChI=1S/C18H18N2OS2/c1-13-11-18(20-16-7-3-2-6-15(13)16)23-12-17(21)19-9-8-14-5-4-10-22-14/h2-7,10-11H,8-9,12H2,1H3,(H,19,21). The molecular formula is C18H18N2OS2. The van der Waals surface area contributed by atoms with E-state index in [1.165, 1.54) is 22.2 Å². The van der Waals surface area contributed by atoms with E-state index in [1.54, 1.807) is 11.3 Å². The number of nitrogens with zero attached hydrogens (tertiary/aromatic N) is 1. The van der Waals surface area contributed by atoms with Gasteiger partial charge in [0.2, 0.25) is 5.91 Å². The quantitative estimate of drug-likeness (QED) is 0.687. The van der Waals surface area contributed by atoms with E-state index in [4.69, 9.17) is 0 Å². The molecule has 0 atom stereocenters. The summed E-state index contributed by atoms with van der Waals surface area (Å²) in [6, 6.07) is 14.3. The Balaban J connectivity index is 1.52. The molecule has 118 valence electrons. The van der Waals surface area contributed by atoms with Gasteiger partial charge in [-0.15, -0.1) is 11.3 Å². The van der Waals surface area contributed by atoms with Crippen LogP contribution in [-0.4, -0.2) is 23.2 Å². The summed E-state index contributed by atoms with van der Waals surface area (Å²) in [6.45, 7) is 2.76. The van der Waals surface area contributed by atoms with Crippen molar-refractivity contribution in [2.75, 3.05) is 12.3 Å². The van der Waals surface area contributed by atoms with Gasteiger partial charge < -0.3 is 5.32 Å². The number of hydrogen-bond acceptors (Lipinski definition) is 4. The smallest absolute Gasteiger partial charge is 0.230 e. The molecule has 0 unspecified atom stereocenters. The zero-order valence-electron chi connectivity index (χ0n) is 12.9. The second kappa shape index (κ2) is 7.62. The van der Waals surface area contributed by atoms with Crippen LogP contribution in [0, 0.1) is 6.92 Å². The lowest BCUT2D eigenvalue weighted by atomic mass is 10.1. The largest absolute Gasteiger partial charge is 0.355 e. The van der Waals surface area contributed by atoms with Crippen LogP contribution in [0.1, 0.15) is 10.4 Å². The molecule has 5 heteroatoms.